The lowest BCUT2D eigenvalue weighted by atomic mass is 9.76. The van der Waals surface area contributed by atoms with Gasteiger partial charge in [-0.2, -0.15) is 0 Å². The Balaban J connectivity index is 1.27. The van der Waals surface area contributed by atoms with E-state index in [-0.39, 0.29) is 30.2 Å². The van der Waals surface area contributed by atoms with Gasteiger partial charge in [-0.1, -0.05) is 42.5 Å². The molecule has 2 heterocycles. The third kappa shape index (κ3) is 5.40. The van der Waals surface area contributed by atoms with Crippen LogP contribution in [0.25, 0.3) is 10.8 Å². The number of hydrogen-bond donors (Lipinski definition) is 0. The molecule has 5 nitrogen and oxygen atoms in total. The molecule has 1 aliphatic carbocycles. The third-order valence-corrected chi connectivity index (χ3v) is 8.89. The minimum absolute atomic E-state index is 0.0122. The lowest BCUT2D eigenvalue weighted by molar-refractivity contribution is -0.139. The molecule has 1 saturated carbocycles. The average molecular weight is 493 g/mol. The van der Waals surface area contributed by atoms with Crippen molar-refractivity contribution in [3.63, 3.8) is 0 Å². The maximum atomic E-state index is 13.3. The van der Waals surface area contributed by atoms with Gasteiger partial charge in [-0.25, -0.2) is 0 Å². The topological polar surface area (TPSA) is 42.0 Å². The number of fused-ring (bicyclic) bond motifs is 1. The summed E-state index contributed by atoms with van der Waals surface area (Å²) in [5.74, 6) is 0.791. The van der Waals surface area contributed by atoms with Crippen molar-refractivity contribution in [1.82, 2.24) is 9.80 Å². The fourth-order valence-electron chi connectivity index (χ4n) is 5.89. The zero-order valence-corrected chi connectivity index (χ0v) is 21.6. The Morgan fingerprint density at radius 2 is 1.94 bits per heavy atom. The van der Waals surface area contributed by atoms with Crippen molar-refractivity contribution in [1.29, 1.82) is 0 Å². The molecule has 2 aliphatic rings. The van der Waals surface area contributed by atoms with Gasteiger partial charge in [0.25, 0.3) is 5.91 Å². The molecule has 1 aromatic heterocycles. The van der Waals surface area contributed by atoms with Gasteiger partial charge >= 0.3 is 0 Å². The van der Waals surface area contributed by atoms with Crippen LogP contribution < -0.4 is 4.74 Å². The van der Waals surface area contributed by atoms with E-state index in [0.717, 1.165) is 68.2 Å². The van der Waals surface area contributed by atoms with E-state index in [9.17, 15) is 4.79 Å². The van der Waals surface area contributed by atoms with Crippen LogP contribution in [0.3, 0.4) is 0 Å². The number of likely N-dealkylation sites (N-methyl/N-ethyl adjacent to an activating group) is 2. The lowest BCUT2D eigenvalue weighted by Gasteiger charge is -2.48. The molecule has 0 N–H and O–H groups in total. The van der Waals surface area contributed by atoms with Gasteiger partial charge in [0.2, 0.25) is 0 Å². The Hall–Kier alpha value is -2.41. The van der Waals surface area contributed by atoms with Crippen molar-refractivity contribution in [3.8, 4) is 5.75 Å². The van der Waals surface area contributed by atoms with E-state index in [1.54, 1.807) is 0 Å². The summed E-state index contributed by atoms with van der Waals surface area (Å²) in [6.07, 6.45) is 6.29. The van der Waals surface area contributed by atoms with Gasteiger partial charge in [0.1, 0.15) is 5.75 Å². The number of benzene rings is 2. The highest BCUT2D eigenvalue weighted by Gasteiger charge is 2.46. The second-order valence-corrected chi connectivity index (χ2v) is 11.1. The van der Waals surface area contributed by atoms with E-state index in [1.165, 1.54) is 4.88 Å². The van der Waals surface area contributed by atoms with E-state index < -0.39 is 0 Å². The summed E-state index contributed by atoms with van der Waals surface area (Å²) >= 11 is 1.82. The number of carbonyl (C=O) groups excluding carboxylic acids is 1. The summed E-state index contributed by atoms with van der Waals surface area (Å²) in [7, 11) is 4.16. The minimum atomic E-state index is -0.0122. The predicted molar refractivity (Wildman–Crippen MR) is 142 cm³/mol. The minimum Gasteiger partial charge on any atom is -0.483 e. The Bertz CT molecular complexity index is 1120. The van der Waals surface area contributed by atoms with Crippen LogP contribution in [0.4, 0.5) is 0 Å². The molecule has 3 aromatic rings. The first kappa shape index (κ1) is 24.3. The number of amides is 1. The first-order chi connectivity index (χ1) is 17.0. The Morgan fingerprint density at radius 1 is 1.09 bits per heavy atom. The van der Waals surface area contributed by atoms with Crippen LogP contribution in [0, 0.1) is 0 Å². The van der Waals surface area contributed by atoms with E-state index in [1.807, 2.05) is 53.6 Å². The molecule has 0 bridgehead atoms. The van der Waals surface area contributed by atoms with Gasteiger partial charge in [-0.3, -0.25) is 4.79 Å². The highest BCUT2D eigenvalue weighted by atomic mass is 32.1. The molecule has 35 heavy (non-hydrogen) atoms. The summed E-state index contributed by atoms with van der Waals surface area (Å²) in [6.45, 7) is 1.89. The molecule has 6 heteroatoms. The van der Waals surface area contributed by atoms with Gasteiger partial charge in [-0.05, 0) is 68.5 Å². The van der Waals surface area contributed by atoms with E-state index in [0.29, 0.717) is 0 Å². The second kappa shape index (κ2) is 10.7. The number of ether oxygens (including phenoxy) is 2. The number of rotatable bonds is 8. The van der Waals surface area contributed by atoms with Crippen molar-refractivity contribution in [2.24, 2.45) is 0 Å². The Morgan fingerprint density at radius 3 is 2.74 bits per heavy atom. The SMILES string of the molecule is CN(CCc1cccs1)[C@@H]1C[C@@]2(CCCO2)CC[C@H]1N(C)C(=O)COc1cccc2ccccc12. The van der Waals surface area contributed by atoms with Crippen LogP contribution in [0.15, 0.2) is 60.0 Å². The largest absolute Gasteiger partial charge is 0.483 e. The molecule has 0 unspecified atom stereocenters. The average Bonchev–Trinajstić information content (AvgIpc) is 3.58. The van der Waals surface area contributed by atoms with E-state index >= 15 is 0 Å². The summed E-state index contributed by atoms with van der Waals surface area (Å²) in [5.41, 5.74) is -0.0122. The maximum absolute atomic E-state index is 13.3. The first-order valence-corrected chi connectivity index (χ1v) is 13.7. The maximum Gasteiger partial charge on any atom is 0.260 e. The van der Waals surface area contributed by atoms with E-state index in [4.69, 9.17) is 9.47 Å². The van der Waals surface area contributed by atoms with Gasteiger partial charge in [-0.15, -0.1) is 11.3 Å². The highest BCUT2D eigenvalue weighted by molar-refractivity contribution is 7.09. The zero-order valence-electron chi connectivity index (χ0n) is 20.8. The summed E-state index contributed by atoms with van der Waals surface area (Å²) in [4.78, 5) is 19.1. The molecule has 5 rings (SSSR count). The van der Waals surface area contributed by atoms with Crippen molar-refractivity contribution in [3.05, 3.63) is 64.9 Å². The van der Waals surface area contributed by atoms with Crippen LogP contribution in [0.2, 0.25) is 0 Å². The fraction of sp³-hybridized carbons (Fsp3) is 0.483. The Kier molecular flexibility index (Phi) is 7.42. The standard InChI is InChI=1S/C29H36N2O3S/c1-30(17-14-23-10-6-19-35-23)26-20-29(15-7-18-34-29)16-13-25(26)31(2)28(32)21-33-27-12-5-9-22-8-3-4-11-24(22)27/h3-6,8-12,19,25-26H,7,13-18,20-21H2,1-2H3/t25-,26-,29-/m1/s1. The quantitative estimate of drug-likeness (QED) is 0.423. The van der Waals surface area contributed by atoms with Gasteiger partial charge in [0, 0.05) is 42.5 Å². The van der Waals surface area contributed by atoms with Crippen molar-refractivity contribution < 1.29 is 14.3 Å². The number of nitrogens with zero attached hydrogens (tertiary/aromatic N) is 2. The second-order valence-electron chi connectivity index (χ2n) is 10.1. The molecule has 1 spiro atoms. The Labute approximate surface area is 212 Å². The molecule has 0 radical (unpaired) electrons. The molecule has 1 amide bonds. The van der Waals surface area contributed by atoms with Crippen LogP contribution in [-0.2, 0) is 16.0 Å². The molecular weight excluding hydrogens is 456 g/mol. The monoisotopic (exact) mass is 492 g/mol. The molecule has 2 aromatic carbocycles. The van der Waals surface area contributed by atoms with Crippen LogP contribution >= 0.6 is 11.3 Å². The smallest absolute Gasteiger partial charge is 0.260 e. The number of hydrogen-bond acceptors (Lipinski definition) is 5. The lowest BCUT2D eigenvalue weighted by Crippen LogP contribution is -2.58. The van der Waals surface area contributed by atoms with Crippen molar-refractivity contribution >= 4 is 28.0 Å². The molecule has 186 valence electrons. The number of thiophene rings is 1. The van der Waals surface area contributed by atoms with Crippen molar-refractivity contribution in [2.75, 3.05) is 33.9 Å². The van der Waals surface area contributed by atoms with Crippen molar-refractivity contribution in [2.45, 2.75) is 56.2 Å². The fourth-order valence-corrected chi connectivity index (χ4v) is 6.59. The van der Waals surface area contributed by atoms with Crippen LogP contribution in [-0.4, -0.2) is 67.2 Å². The molecule has 1 aliphatic heterocycles. The summed E-state index contributed by atoms with van der Waals surface area (Å²) in [6, 6.07) is 18.9. The number of carbonyl (C=O) groups is 1. The van der Waals surface area contributed by atoms with Gasteiger partial charge in [0.15, 0.2) is 6.61 Å². The normalized spacial score (nSPS) is 24.3. The summed E-state index contributed by atoms with van der Waals surface area (Å²) in [5, 5.41) is 4.30. The summed E-state index contributed by atoms with van der Waals surface area (Å²) < 4.78 is 12.3. The van der Waals surface area contributed by atoms with E-state index in [2.05, 4.69) is 41.6 Å². The van der Waals surface area contributed by atoms with Gasteiger partial charge in [0.05, 0.1) is 5.60 Å². The zero-order chi connectivity index (χ0) is 24.3. The van der Waals surface area contributed by atoms with Crippen LogP contribution in [0.5, 0.6) is 5.75 Å². The molecular formula is C29H36N2O3S. The highest BCUT2D eigenvalue weighted by Crippen LogP contribution is 2.42. The molecule has 2 fully saturated rings. The van der Waals surface area contributed by atoms with Gasteiger partial charge < -0.3 is 19.3 Å². The molecule has 3 atom stereocenters. The molecule has 1 saturated heterocycles. The predicted octanol–water partition coefficient (Wildman–Crippen LogP) is 5.38. The third-order valence-electron chi connectivity index (χ3n) is 7.95. The first-order valence-electron chi connectivity index (χ1n) is 12.8. The van der Waals surface area contributed by atoms with Crippen LogP contribution in [0.1, 0.15) is 37.0 Å².